The third-order valence-corrected chi connectivity index (χ3v) is 2.52. The van der Waals surface area contributed by atoms with Crippen LogP contribution in [-0.2, 0) is 0 Å². The minimum absolute atomic E-state index is 0.141. The number of nitriles is 1. The molecule has 0 aromatic carbocycles. The molecule has 0 amide bonds. The Bertz CT molecular complexity index is 352. The Morgan fingerprint density at radius 3 is 2.62 bits per heavy atom. The number of aromatic amines is 1. The van der Waals surface area contributed by atoms with E-state index in [0.717, 1.165) is 0 Å². The number of hydrogen-bond donors (Lipinski definition) is 1. The zero-order chi connectivity index (χ0) is 10.1. The smallest absolute Gasteiger partial charge is 0.310 e. The summed E-state index contributed by atoms with van der Waals surface area (Å²) >= 11 is 16.3. The van der Waals surface area contributed by atoms with E-state index < -0.39 is 3.92 Å². The molecule has 1 rings (SSSR count). The molecule has 13 heavy (non-hydrogen) atoms. The van der Waals surface area contributed by atoms with Crippen molar-refractivity contribution < 1.29 is 4.39 Å². The molecule has 0 fully saturated rings. The molecule has 70 valence electrons. The van der Waals surface area contributed by atoms with E-state index in [1.54, 1.807) is 0 Å². The first-order chi connectivity index (χ1) is 5.92. The number of thioether (sulfide) groups is 1. The van der Waals surface area contributed by atoms with Crippen LogP contribution in [0.1, 0.15) is 5.56 Å². The number of hydrogen-bond acceptors (Lipinski definition) is 2. The Kier molecular flexibility index (Phi) is 3.36. The lowest BCUT2D eigenvalue weighted by Crippen LogP contribution is -1.94. The second-order valence-electron chi connectivity index (χ2n) is 2.02. The van der Waals surface area contributed by atoms with Gasteiger partial charge >= 0.3 is 3.92 Å². The molecule has 2 nitrogen and oxygen atoms in total. The first-order valence-corrected chi connectivity index (χ1v) is 4.92. The van der Waals surface area contributed by atoms with Gasteiger partial charge in [-0.3, -0.25) is 0 Å². The third kappa shape index (κ3) is 3.28. The highest BCUT2D eigenvalue weighted by atomic mass is 35.5. The fraction of sp³-hybridized carbons (Fsp3) is 0.167. The predicted molar refractivity (Wildman–Crippen MR) is 51.9 cm³/mol. The maximum Gasteiger partial charge on any atom is 0.310 e. The monoisotopic (exact) mass is 258 g/mol. The van der Waals surface area contributed by atoms with Crippen LogP contribution in [0.2, 0.25) is 5.15 Å². The summed E-state index contributed by atoms with van der Waals surface area (Å²) in [5.74, 6) is 0. The summed E-state index contributed by atoms with van der Waals surface area (Å²) in [4.78, 5) is 2.55. The number of nitrogens with one attached hydrogen (secondary N) is 1. The van der Waals surface area contributed by atoms with Crippen LogP contribution >= 0.6 is 46.6 Å². The Morgan fingerprint density at radius 2 is 2.23 bits per heavy atom. The lowest BCUT2D eigenvalue weighted by atomic mass is 10.4. The van der Waals surface area contributed by atoms with E-state index in [0.29, 0.717) is 16.8 Å². The fourth-order valence-electron chi connectivity index (χ4n) is 0.667. The van der Waals surface area contributed by atoms with Gasteiger partial charge in [-0.2, -0.15) is 9.65 Å². The van der Waals surface area contributed by atoms with Crippen LogP contribution in [-0.4, -0.2) is 8.90 Å². The number of H-pyrrole nitrogens is 1. The summed E-state index contributed by atoms with van der Waals surface area (Å²) in [6.45, 7) is 0. The van der Waals surface area contributed by atoms with Gasteiger partial charge in [0.2, 0.25) is 0 Å². The maximum atomic E-state index is 12.7. The lowest BCUT2D eigenvalue weighted by Gasteiger charge is -2.04. The molecule has 1 aromatic heterocycles. The van der Waals surface area contributed by atoms with Gasteiger partial charge in [0, 0.05) is 0 Å². The first-order valence-electron chi connectivity index (χ1n) is 2.97. The third-order valence-electron chi connectivity index (χ3n) is 1.09. The number of nitrogens with zero attached hydrogens (tertiary/aromatic N) is 1. The van der Waals surface area contributed by atoms with E-state index in [9.17, 15) is 4.39 Å². The van der Waals surface area contributed by atoms with Crippen molar-refractivity contribution in [2.45, 2.75) is 8.95 Å². The molecule has 0 atom stereocenters. The van der Waals surface area contributed by atoms with Gasteiger partial charge in [0.15, 0.2) is 0 Å². The standard InChI is InChI=1S/C6H2Cl3FN2S/c7-5-3(2-11)1-4(12-5)13-6(8,9)10/h1,12H. The van der Waals surface area contributed by atoms with Crippen molar-refractivity contribution in [3.63, 3.8) is 0 Å². The van der Waals surface area contributed by atoms with Crippen molar-refractivity contribution in [2.24, 2.45) is 0 Å². The molecule has 0 saturated carbocycles. The second-order valence-corrected chi connectivity index (χ2v) is 5.29. The summed E-state index contributed by atoms with van der Waals surface area (Å²) in [6, 6.07) is 3.18. The van der Waals surface area contributed by atoms with E-state index >= 15 is 0 Å². The van der Waals surface area contributed by atoms with Gasteiger partial charge in [0.05, 0.1) is 10.6 Å². The molecule has 0 aliphatic carbocycles. The average Bonchev–Trinajstić information content (AvgIpc) is 2.26. The van der Waals surface area contributed by atoms with Gasteiger partial charge < -0.3 is 4.98 Å². The Labute approximate surface area is 93.0 Å². The predicted octanol–water partition coefficient (Wildman–Crippen LogP) is 3.69. The Hall–Kier alpha value is -0.0800. The molecule has 0 aliphatic rings. The number of halogens is 4. The maximum absolute atomic E-state index is 12.7. The van der Waals surface area contributed by atoms with Crippen molar-refractivity contribution in [2.75, 3.05) is 0 Å². The van der Waals surface area contributed by atoms with Crippen LogP contribution in [0.15, 0.2) is 11.1 Å². The highest BCUT2D eigenvalue weighted by Crippen LogP contribution is 2.41. The Balaban J connectivity index is 2.87. The minimum Gasteiger partial charge on any atom is -0.340 e. The molecule has 0 aliphatic heterocycles. The highest BCUT2D eigenvalue weighted by Gasteiger charge is 2.25. The van der Waals surface area contributed by atoms with Crippen LogP contribution in [0.4, 0.5) is 4.39 Å². The zero-order valence-corrected chi connectivity index (χ0v) is 9.03. The van der Waals surface area contributed by atoms with Crippen molar-refractivity contribution in [1.29, 1.82) is 5.26 Å². The van der Waals surface area contributed by atoms with Gasteiger partial charge in [-0.25, -0.2) is 0 Å². The number of aromatic nitrogens is 1. The summed E-state index contributed by atoms with van der Waals surface area (Å²) < 4.78 is 10.2. The fourth-order valence-corrected chi connectivity index (χ4v) is 2.00. The zero-order valence-electron chi connectivity index (χ0n) is 5.94. The molecule has 0 saturated heterocycles. The SMILES string of the molecule is N#Cc1cc(SC(F)(Cl)Cl)[nH]c1Cl. The van der Waals surface area contributed by atoms with E-state index in [4.69, 9.17) is 40.1 Å². The van der Waals surface area contributed by atoms with E-state index in [1.807, 2.05) is 6.07 Å². The van der Waals surface area contributed by atoms with Gasteiger partial charge in [-0.05, 0) is 17.8 Å². The van der Waals surface area contributed by atoms with Crippen molar-refractivity contribution in [3.8, 4) is 6.07 Å². The quantitative estimate of drug-likeness (QED) is 0.650. The van der Waals surface area contributed by atoms with Crippen LogP contribution in [0.3, 0.4) is 0 Å². The molecule has 0 radical (unpaired) electrons. The normalized spacial score (nSPS) is 11.3. The lowest BCUT2D eigenvalue weighted by molar-refractivity contribution is 0.515. The molecule has 1 aromatic rings. The summed E-state index contributed by atoms with van der Waals surface area (Å²) in [5, 5.41) is 8.95. The average molecular weight is 260 g/mol. The molecule has 1 heterocycles. The summed E-state index contributed by atoms with van der Waals surface area (Å²) in [5.41, 5.74) is 0.224. The minimum atomic E-state index is -2.43. The molecule has 0 spiro atoms. The van der Waals surface area contributed by atoms with Crippen LogP contribution in [0.5, 0.6) is 0 Å². The van der Waals surface area contributed by atoms with Crippen LogP contribution in [0.25, 0.3) is 0 Å². The molecule has 7 heteroatoms. The van der Waals surface area contributed by atoms with E-state index in [2.05, 4.69) is 4.98 Å². The van der Waals surface area contributed by atoms with Crippen LogP contribution in [0, 0.1) is 11.3 Å². The van der Waals surface area contributed by atoms with Gasteiger partial charge in [-0.1, -0.05) is 34.8 Å². The van der Waals surface area contributed by atoms with Gasteiger partial charge in [0.1, 0.15) is 11.2 Å². The van der Waals surface area contributed by atoms with Gasteiger partial charge in [0.25, 0.3) is 0 Å². The van der Waals surface area contributed by atoms with Crippen molar-refractivity contribution in [1.82, 2.24) is 4.98 Å². The molecular weight excluding hydrogens is 258 g/mol. The van der Waals surface area contributed by atoms with E-state index in [-0.39, 0.29) is 10.7 Å². The van der Waals surface area contributed by atoms with Crippen molar-refractivity contribution in [3.05, 3.63) is 16.8 Å². The largest absolute Gasteiger partial charge is 0.340 e. The van der Waals surface area contributed by atoms with Crippen molar-refractivity contribution >= 4 is 46.6 Å². The summed E-state index contributed by atoms with van der Waals surface area (Å²) in [7, 11) is 0. The first kappa shape index (κ1) is 11.0. The molecule has 0 bridgehead atoms. The topological polar surface area (TPSA) is 39.6 Å². The number of rotatable bonds is 2. The molecule has 1 N–H and O–H groups in total. The Morgan fingerprint density at radius 1 is 1.62 bits per heavy atom. The second kappa shape index (κ2) is 3.97. The van der Waals surface area contributed by atoms with E-state index in [1.165, 1.54) is 6.07 Å². The number of alkyl halides is 3. The van der Waals surface area contributed by atoms with Gasteiger partial charge in [-0.15, -0.1) is 0 Å². The molecular formula is C6H2Cl3FN2S. The molecule has 0 unspecified atom stereocenters. The van der Waals surface area contributed by atoms with Crippen LogP contribution < -0.4 is 0 Å². The summed E-state index contributed by atoms with van der Waals surface area (Å²) in [6.07, 6.45) is 0. The highest BCUT2D eigenvalue weighted by molar-refractivity contribution is 8.03.